The fourth-order valence-electron chi connectivity index (χ4n) is 3.03. The number of amides is 1. The van der Waals surface area contributed by atoms with Crippen LogP contribution in [-0.2, 0) is 15.8 Å². The molecule has 2 aromatic rings. The normalized spacial score (nSPS) is 19.7. The lowest BCUT2D eigenvalue weighted by atomic mass is 9.82. The number of halogens is 3. The Kier molecular flexibility index (Phi) is 5.02. The quantitative estimate of drug-likeness (QED) is 0.797. The summed E-state index contributed by atoms with van der Waals surface area (Å²) in [6.07, 6.45) is 2.18. The van der Waals surface area contributed by atoms with Gasteiger partial charge in [-0.3, -0.25) is 9.59 Å². The topological polar surface area (TPSA) is 84.2 Å². The number of hydrogen-bond acceptors (Lipinski definition) is 3. The molecule has 0 fully saturated rings. The minimum Gasteiger partial charge on any atom is -0.481 e. The number of nitrogens with one attached hydrogen (secondary N) is 1. The number of carbonyl (C=O) groups is 2. The van der Waals surface area contributed by atoms with Gasteiger partial charge in [0.15, 0.2) is 0 Å². The van der Waals surface area contributed by atoms with Crippen LogP contribution in [0.15, 0.2) is 48.8 Å². The molecule has 2 atom stereocenters. The lowest BCUT2D eigenvalue weighted by Crippen LogP contribution is -2.35. The predicted octanol–water partition coefficient (Wildman–Crippen LogP) is 3.50. The third-order valence-corrected chi connectivity index (χ3v) is 4.42. The van der Waals surface area contributed by atoms with E-state index in [-0.39, 0.29) is 24.2 Å². The molecule has 1 aromatic heterocycles. The van der Waals surface area contributed by atoms with Gasteiger partial charge in [-0.2, -0.15) is 18.3 Å². The number of benzene rings is 1. The first-order chi connectivity index (χ1) is 12.8. The summed E-state index contributed by atoms with van der Waals surface area (Å²) in [5, 5.41) is 15.8. The molecule has 1 aromatic carbocycles. The Labute approximate surface area is 152 Å². The number of anilines is 1. The third-order valence-electron chi connectivity index (χ3n) is 4.42. The Morgan fingerprint density at radius 1 is 1.19 bits per heavy atom. The standard InChI is InChI=1S/C18H16F3N3O3/c19-18(20,21)11-6-7-15(24-9-3-8-22-24)14(10-11)23-16(25)12-4-1-2-5-13(12)17(26)27/h1-3,6-10,12-13H,4-5H2,(H,23,25)(H,26,27)/t12-,13+/m0/s1. The van der Waals surface area contributed by atoms with Gasteiger partial charge in [0.25, 0.3) is 0 Å². The van der Waals surface area contributed by atoms with Crippen LogP contribution in [0.1, 0.15) is 18.4 Å². The Hall–Kier alpha value is -3.10. The highest BCUT2D eigenvalue weighted by atomic mass is 19.4. The van der Waals surface area contributed by atoms with Crippen molar-refractivity contribution in [1.82, 2.24) is 9.78 Å². The Bertz CT molecular complexity index is 876. The molecule has 2 N–H and O–H groups in total. The molecule has 0 radical (unpaired) electrons. The SMILES string of the molecule is O=C(Nc1cc(C(F)(F)F)ccc1-n1cccn1)[C@H]1CC=CC[C@H]1C(=O)O. The average molecular weight is 379 g/mol. The van der Waals surface area contributed by atoms with E-state index >= 15 is 0 Å². The zero-order chi connectivity index (χ0) is 19.6. The second kappa shape index (κ2) is 7.26. The largest absolute Gasteiger partial charge is 0.481 e. The summed E-state index contributed by atoms with van der Waals surface area (Å²) in [5.41, 5.74) is -0.760. The summed E-state index contributed by atoms with van der Waals surface area (Å²) in [6.45, 7) is 0. The molecule has 1 aliphatic carbocycles. The molecule has 6 nitrogen and oxygen atoms in total. The minimum absolute atomic E-state index is 0.0859. The van der Waals surface area contributed by atoms with E-state index < -0.39 is 35.5 Å². The van der Waals surface area contributed by atoms with Crippen LogP contribution in [-0.4, -0.2) is 26.8 Å². The van der Waals surface area contributed by atoms with Gasteiger partial charge in [-0.05, 0) is 37.1 Å². The number of allylic oxidation sites excluding steroid dienone is 2. The van der Waals surface area contributed by atoms with Crippen LogP contribution in [0.2, 0.25) is 0 Å². The minimum atomic E-state index is -4.58. The molecule has 9 heteroatoms. The maximum absolute atomic E-state index is 13.1. The van der Waals surface area contributed by atoms with Crippen LogP contribution < -0.4 is 5.32 Å². The highest BCUT2D eigenvalue weighted by molar-refractivity contribution is 5.97. The molecule has 27 heavy (non-hydrogen) atoms. The maximum Gasteiger partial charge on any atom is 0.416 e. The lowest BCUT2D eigenvalue weighted by molar-refractivity contribution is -0.146. The predicted molar refractivity (Wildman–Crippen MR) is 90.2 cm³/mol. The summed E-state index contributed by atoms with van der Waals surface area (Å²) >= 11 is 0. The molecule has 0 unspecified atom stereocenters. The van der Waals surface area contributed by atoms with Crippen molar-refractivity contribution in [3.63, 3.8) is 0 Å². The monoisotopic (exact) mass is 379 g/mol. The van der Waals surface area contributed by atoms with Gasteiger partial charge in [0.1, 0.15) is 0 Å². The van der Waals surface area contributed by atoms with E-state index in [1.54, 1.807) is 18.2 Å². The molecular weight excluding hydrogens is 363 g/mol. The van der Waals surface area contributed by atoms with Crippen molar-refractivity contribution in [2.24, 2.45) is 11.8 Å². The maximum atomic E-state index is 13.1. The fraction of sp³-hybridized carbons (Fsp3) is 0.278. The molecule has 1 heterocycles. The van der Waals surface area contributed by atoms with Crippen LogP contribution in [0.4, 0.5) is 18.9 Å². The first-order valence-electron chi connectivity index (χ1n) is 8.17. The molecule has 3 rings (SSSR count). The number of carboxylic acids is 1. The fourth-order valence-corrected chi connectivity index (χ4v) is 3.03. The molecule has 1 amide bonds. The number of rotatable bonds is 4. The van der Waals surface area contributed by atoms with Crippen molar-refractivity contribution in [3.8, 4) is 5.69 Å². The van der Waals surface area contributed by atoms with Crippen molar-refractivity contribution in [3.05, 3.63) is 54.4 Å². The van der Waals surface area contributed by atoms with E-state index in [1.807, 2.05) is 0 Å². The summed E-state index contributed by atoms with van der Waals surface area (Å²) in [4.78, 5) is 24.0. The zero-order valence-electron chi connectivity index (χ0n) is 14.0. The first-order valence-corrected chi connectivity index (χ1v) is 8.17. The van der Waals surface area contributed by atoms with Crippen LogP contribution in [0.3, 0.4) is 0 Å². The molecule has 0 saturated carbocycles. The van der Waals surface area contributed by atoms with Crippen molar-refractivity contribution in [1.29, 1.82) is 0 Å². The number of alkyl halides is 3. The number of aliphatic carboxylic acids is 1. The van der Waals surface area contributed by atoms with Gasteiger partial charge in [-0.1, -0.05) is 12.2 Å². The number of carboxylic acid groups (broad SMARTS) is 1. The third kappa shape index (κ3) is 4.02. The van der Waals surface area contributed by atoms with Crippen LogP contribution >= 0.6 is 0 Å². The average Bonchev–Trinajstić information content (AvgIpc) is 3.15. The summed E-state index contributed by atoms with van der Waals surface area (Å²) in [6, 6.07) is 4.52. The number of hydrogen-bond donors (Lipinski definition) is 2. The molecule has 142 valence electrons. The van der Waals surface area contributed by atoms with Crippen molar-refractivity contribution in [2.45, 2.75) is 19.0 Å². The van der Waals surface area contributed by atoms with Gasteiger partial charge < -0.3 is 10.4 Å². The van der Waals surface area contributed by atoms with Gasteiger partial charge in [-0.15, -0.1) is 0 Å². The lowest BCUT2D eigenvalue weighted by Gasteiger charge is -2.25. The Balaban J connectivity index is 1.95. The Morgan fingerprint density at radius 2 is 1.89 bits per heavy atom. The summed E-state index contributed by atoms with van der Waals surface area (Å²) in [7, 11) is 0. The van der Waals surface area contributed by atoms with E-state index in [0.717, 1.165) is 12.1 Å². The highest BCUT2D eigenvalue weighted by Crippen LogP contribution is 2.34. The summed E-state index contributed by atoms with van der Waals surface area (Å²) < 4.78 is 40.6. The number of nitrogens with zero attached hydrogens (tertiary/aromatic N) is 2. The summed E-state index contributed by atoms with van der Waals surface area (Å²) in [5.74, 6) is -3.54. The first kappa shape index (κ1) is 18.7. The van der Waals surface area contributed by atoms with Gasteiger partial charge >= 0.3 is 12.1 Å². The molecular formula is C18H16F3N3O3. The van der Waals surface area contributed by atoms with Crippen LogP contribution in [0, 0.1) is 11.8 Å². The molecule has 0 saturated heterocycles. The molecule has 0 bridgehead atoms. The second-order valence-electron chi connectivity index (χ2n) is 6.16. The van der Waals surface area contributed by atoms with Gasteiger partial charge in [0.2, 0.25) is 5.91 Å². The van der Waals surface area contributed by atoms with Crippen molar-refractivity contribution in [2.75, 3.05) is 5.32 Å². The van der Waals surface area contributed by atoms with E-state index in [4.69, 9.17) is 0 Å². The van der Waals surface area contributed by atoms with Gasteiger partial charge in [-0.25, -0.2) is 4.68 Å². The smallest absolute Gasteiger partial charge is 0.416 e. The molecule has 0 spiro atoms. The number of carbonyl (C=O) groups excluding carboxylic acids is 1. The van der Waals surface area contributed by atoms with Gasteiger partial charge in [0.05, 0.1) is 28.8 Å². The van der Waals surface area contributed by atoms with Crippen molar-refractivity contribution >= 4 is 17.6 Å². The highest BCUT2D eigenvalue weighted by Gasteiger charge is 2.35. The Morgan fingerprint density at radius 3 is 2.48 bits per heavy atom. The molecule has 1 aliphatic rings. The van der Waals surface area contributed by atoms with Gasteiger partial charge in [0, 0.05) is 12.4 Å². The van der Waals surface area contributed by atoms with E-state index in [2.05, 4.69) is 10.4 Å². The number of aromatic nitrogens is 2. The van der Waals surface area contributed by atoms with Crippen LogP contribution in [0.25, 0.3) is 5.69 Å². The van der Waals surface area contributed by atoms with E-state index in [0.29, 0.717) is 0 Å². The van der Waals surface area contributed by atoms with E-state index in [1.165, 1.54) is 23.1 Å². The van der Waals surface area contributed by atoms with Crippen molar-refractivity contribution < 1.29 is 27.9 Å². The van der Waals surface area contributed by atoms with Crippen LogP contribution in [0.5, 0.6) is 0 Å². The molecule has 0 aliphatic heterocycles. The van der Waals surface area contributed by atoms with E-state index in [9.17, 15) is 27.9 Å². The zero-order valence-corrected chi connectivity index (χ0v) is 14.0. The second-order valence-corrected chi connectivity index (χ2v) is 6.16.